The third-order valence-corrected chi connectivity index (χ3v) is 2.84. The van der Waals surface area contributed by atoms with E-state index in [2.05, 4.69) is 26.0 Å². The lowest BCUT2D eigenvalue weighted by molar-refractivity contribution is 0.0544. The first kappa shape index (κ1) is 19.3. The van der Waals surface area contributed by atoms with Crippen LogP contribution in [-0.4, -0.2) is 19.2 Å². The average Bonchev–Trinajstić information content (AvgIpc) is 2.44. The minimum atomic E-state index is -2.54. The van der Waals surface area contributed by atoms with Crippen molar-refractivity contribution in [2.24, 2.45) is 5.92 Å². The Bertz CT molecular complexity index is 434. The summed E-state index contributed by atoms with van der Waals surface area (Å²) in [6, 6.07) is 0. The van der Waals surface area contributed by atoms with Crippen LogP contribution in [0.2, 0.25) is 0 Å². The number of ether oxygens (including phenoxy) is 1. The fourth-order valence-corrected chi connectivity index (χ4v) is 1.74. The van der Waals surface area contributed by atoms with E-state index in [0.29, 0.717) is 5.57 Å². The number of hydrogen-bond acceptors (Lipinski definition) is 2. The molecule has 2 nitrogen and oxygen atoms in total. The second-order valence-electron chi connectivity index (χ2n) is 4.65. The van der Waals surface area contributed by atoms with Gasteiger partial charge in [0.1, 0.15) is 12.4 Å². The molecule has 0 rings (SSSR count). The van der Waals surface area contributed by atoms with E-state index in [1.807, 2.05) is 25.2 Å². The molecule has 0 aromatic rings. The predicted octanol–water partition coefficient (Wildman–Crippen LogP) is 5.30. The van der Waals surface area contributed by atoms with Crippen LogP contribution in [0.1, 0.15) is 34.1 Å². The number of allylic oxidation sites excluding steroid dienone is 8. The second kappa shape index (κ2) is 11.0. The van der Waals surface area contributed by atoms with Crippen molar-refractivity contribution >= 4 is 6.21 Å². The first-order valence-electron chi connectivity index (χ1n) is 7.09. The topological polar surface area (TPSA) is 33.1 Å². The van der Waals surface area contributed by atoms with E-state index in [0.717, 1.165) is 12.6 Å². The van der Waals surface area contributed by atoms with E-state index in [-0.39, 0.29) is 11.7 Å². The van der Waals surface area contributed by atoms with Gasteiger partial charge in [-0.25, -0.2) is 8.78 Å². The van der Waals surface area contributed by atoms with E-state index in [1.165, 1.54) is 5.57 Å². The SMILES string of the molecule is C/C=C/C(=C\CC)C(C)/C=C/C(C)=C(\C=N)OCC(F)F. The highest BCUT2D eigenvalue weighted by atomic mass is 19.3. The molecule has 0 saturated carbocycles. The van der Waals surface area contributed by atoms with Crippen molar-refractivity contribution in [3.8, 4) is 0 Å². The molecule has 0 bridgehead atoms. The molecule has 4 heteroatoms. The van der Waals surface area contributed by atoms with E-state index in [4.69, 9.17) is 10.1 Å². The van der Waals surface area contributed by atoms with Gasteiger partial charge in [0, 0.05) is 0 Å². The highest BCUT2D eigenvalue weighted by molar-refractivity contribution is 5.74. The van der Waals surface area contributed by atoms with Crippen molar-refractivity contribution in [1.29, 1.82) is 5.41 Å². The average molecular weight is 297 g/mol. The molecule has 0 aliphatic heterocycles. The Labute approximate surface area is 126 Å². The molecule has 1 N–H and O–H groups in total. The zero-order chi connectivity index (χ0) is 16.3. The van der Waals surface area contributed by atoms with Crippen LogP contribution in [0.3, 0.4) is 0 Å². The number of hydrogen-bond donors (Lipinski definition) is 1. The van der Waals surface area contributed by atoms with E-state index in [1.54, 1.807) is 6.92 Å². The van der Waals surface area contributed by atoms with Crippen LogP contribution in [0.25, 0.3) is 0 Å². The van der Waals surface area contributed by atoms with Crippen molar-refractivity contribution in [3.63, 3.8) is 0 Å². The van der Waals surface area contributed by atoms with Crippen molar-refractivity contribution < 1.29 is 13.5 Å². The molecule has 0 aliphatic carbocycles. The third kappa shape index (κ3) is 8.23. The fourth-order valence-electron chi connectivity index (χ4n) is 1.74. The maximum absolute atomic E-state index is 12.1. The smallest absolute Gasteiger partial charge is 0.272 e. The number of halogens is 2. The molecule has 0 saturated heterocycles. The highest BCUT2D eigenvalue weighted by Gasteiger charge is 2.06. The lowest BCUT2D eigenvalue weighted by Crippen LogP contribution is -2.06. The Morgan fingerprint density at radius 3 is 2.43 bits per heavy atom. The van der Waals surface area contributed by atoms with Gasteiger partial charge in [0.15, 0.2) is 0 Å². The monoisotopic (exact) mass is 297 g/mol. The lowest BCUT2D eigenvalue weighted by atomic mass is 9.98. The largest absolute Gasteiger partial charge is 0.486 e. The van der Waals surface area contributed by atoms with E-state index < -0.39 is 13.0 Å². The van der Waals surface area contributed by atoms with Gasteiger partial charge in [-0.15, -0.1) is 0 Å². The molecule has 0 aromatic heterocycles. The molecular weight excluding hydrogens is 272 g/mol. The van der Waals surface area contributed by atoms with Crippen molar-refractivity contribution in [3.05, 3.63) is 47.3 Å². The highest BCUT2D eigenvalue weighted by Crippen LogP contribution is 2.17. The Morgan fingerprint density at radius 1 is 1.29 bits per heavy atom. The minimum Gasteiger partial charge on any atom is -0.486 e. The van der Waals surface area contributed by atoms with E-state index in [9.17, 15) is 8.78 Å². The molecule has 0 radical (unpaired) electrons. The standard InChI is InChI=1S/C17H25F2NO/c1-5-7-15(8-6-2)13(3)9-10-14(4)16(11-20)21-12-17(18)19/h5,7-11,13,17,20H,6,12H2,1-4H3/b7-5+,10-9+,15-8+,16-14+,20-11?. The van der Waals surface area contributed by atoms with Gasteiger partial charge >= 0.3 is 0 Å². The maximum Gasteiger partial charge on any atom is 0.272 e. The molecule has 0 spiro atoms. The predicted molar refractivity (Wildman–Crippen MR) is 84.9 cm³/mol. The van der Waals surface area contributed by atoms with Crippen molar-refractivity contribution in [2.45, 2.75) is 40.5 Å². The van der Waals surface area contributed by atoms with Crippen LogP contribution in [-0.2, 0) is 4.74 Å². The molecule has 118 valence electrons. The molecule has 0 aliphatic rings. The van der Waals surface area contributed by atoms with Crippen LogP contribution < -0.4 is 0 Å². The first-order valence-corrected chi connectivity index (χ1v) is 7.09. The summed E-state index contributed by atoms with van der Waals surface area (Å²) in [4.78, 5) is 0. The summed E-state index contributed by atoms with van der Waals surface area (Å²) in [5.74, 6) is 0.379. The normalized spacial score (nSPS) is 15.7. The first-order chi connectivity index (χ1) is 9.96. The molecule has 0 heterocycles. The summed E-state index contributed by atoms with van der Waals surface area (Å²) in [6.07, 6.45) is 9.36. The van der Waals surface area contributed by atoms with Crippen LogP contribution in [0.4, 0.5) is 8.78 Å². The van der Waals surface area contributed by atoms with Gasteiger partial charge in [0.2, 0.25) is 0 Å². The summed E-state index contributed by atoms with van der Waals surface area (Å²) in [5.41, 5.74) is 1.86. The van der Waals surface area contributed by atoms with Gasteiger partial charge in [-0.05, 0) is 37.3 Å². The minimum absolute atomic E-state index is 0.172. The Morgan fingerprint density at radius 2 is 1.95 bits per heavy atom. The summed E-state index contributed by atoms with van der Waals surface area (Å²) < 4.78 is 29.2. The van der Waals surface area contributed by atoms with Crippen LogP contribution in [0, 0.1) is 11.3 Å². The van der Waals surface area contributed by atoms with Gasteiger partial charge in [-0.1, -0.05) is 44.2 Å². The summed E-state index contributed by atoms with van der Waals surface area (Å²) in [5, 5.41) is 7.23. The number of rotatable bonds is 9. The number of nitrogens with one attached hydrogen (secondary N) is 1. The van der Waals surface area contributed by atoms with Crippen molar-refractivity contribution in [1.82, 2.24) is 0 Å². The summed E-state index contributed by atoms with van der Waals surface area (Å²) >= 11 is 0. The van der Waals surface area contributed by atoms with Crippen LogP contribution >= 0.6 is 0 Å². The zero-order valence-electron chi connectivity index (χ0n) is 13.2. The zero-order valence-corrected chi connectivity index (χ0v) is 13.2. The molecule has 0 amide bonds. The van der Waals surface area contributed by atoms with Gasteiger partial charge in [-0.2, -0.15) is 0 Å². The molecular formula is C17H25F2NO. The van der Waals surface area contributed by atoms with Gasteiger partial charge in [0.05, 0.1) is 6.21 Å². The van der Waals surface area contributed by atoms with Crippen molar-refractivity contribution in [2.75, 3.05) is 6.61 Å². The lowest BCUT2D eigenvalue weighted by Gasteiger charge is -2.10. The Kier molecular flexibility index (Phi) is 10.1. The molecule has 0 aromatic carbocycles. The maximum atomic E-state index is 12.1. The third-order valence-electron chi connectivity index (χ3n) is 2.84. The van der Waals surface area contributed by atoms with Gasteiger partial charge in [0.25, 0.3) is 6.43 Å². The van der Waals surface area contributed by atoms with Gasteiger partial charge < -0.3 is 10.1 Å². The molecule has 1 unspecified atom stereocenters. The molecule has 0 fully saturated rings. The summed E-state index contributed by atoms with van der Waals surface area (Å²) in [6.45, 7) is 7.17. The quantitative estimate of drug-likeness (QED) is 0.350. The fraction of sp³-hybridized carbons (Fsp3) is 0.471. The Hall–Kier alpha value is -1.71. The number of alkyl halides is 2. The van der Waals surface area contributed by atoms with Crippen LogP contribution in [0.5, 0.6) is 0 Å². The molecule has 21 heavy (non-hydrogen) atoms. The summed E-state index contributed by atoms with van der Waals surface area (Å²) in [7, 11) is 0. The molecule has 1 atom stereocenters. The second-order valence-corrected chi connectivity index (χ2v) is 4.65. The Balaban J connectivity index is 4.96. The van der Waals surface area contributed by atoms with E-state index >= 15 is 0 Å². The van der Waals surface area contributed by atoms with Crippen LogP contribution in [0.15, 0.2) is 47.3 Å². The van der Waals surface area contributed by atoms with Gasteiger partial charge in [-0.3, -0.25) is 0 Å².